The van der Waals surface area contributed by atoms with Gasteiger partial charge in [-0.2, -0.15) is 0 Å². The molecule has 1 aromatic carbocycles. The summed E-state index contributed by atoms with van der Waals surface area (Å²) in [7, 11) is 1.28. The summed E-state index contributed by atoms with van der Waals surface area (Å²) < 4.78 is 4.56. The van der Waals surface area contributed by atoms with Crippen LogP contribution in [0.3, 0.4) is 0 Å². The molecule has 0 aliphatic heterocycles. The first-order valence-electron chi connectivity index (χ1n) is 4.53. The maximum absolute atomic E-state index is 11.3. The predicted octanol–water partition coefficient (Wildman–Crippen LogP) is 1.97. The van der Waals surface area contributed by atoms with E-state index in [1.54, 1.807) is 6.07 Å². The zero-order valence-corrected chi connectivity index (χ0v) is 8.50. The van der Waals surface area contributed by atoms with E-state index in [4.69, 9.17) is 0 Å². The van der Waals surface area contributed by atoms with Gasteiger partial charge in [0.15, 0.2) is 11.4 Å². The van der Waals surface area contributed by atoms with Gasteiger partial charge in [0.1, 0.15) is 0 Å². The summed E-state index contributed by atoms with van der Waals surface area (Å²) in [6, 6.07) is 5.53. The topological polar surface area (TPSA) is 62.3 Å². The number of carbonyl (C=O) groups excluding carboxylic acids is 1. The van der Waals surface area contributed by atoms with Crippen molar-refractivity contribution in [3.05, 3.63) is 29.5 Å². The molecule has 4 nitrogen and oxygen atoms in total. The molecule has 0 saturated heterocycles. The number of aryl methyl sites for hydroxylation is 1. The van der Waals surface area contributed by atoms with E-state index >= 15 is 0 Å². The number of hydrogen-bond acceptors (Lipinski definition) is 3. The van der Waals surface area contributed by atoms with E-state index in [1.807, 2.05) is 19.1 Å². The van der Waals surface area contributed by atoms with Crippen LogP contribution in [0.15, 0.2) is 18.2 Å². The molecule has 2 rings (SSSR count). The van der Waals surface area contributed by atoms with Crippen LogP contribution in [-0.4, -0.2) is 23.2 Å². The number of esters is 1. The number of ether oxygens (including phenoxy) is 1. The molecule has 2 aromatic rings. The number of aromatic amines is 1. The van der Waals surface area contributed by atoms with E-state index in [2.05, 4.69) is 9.72 Å². The standard InChI is InChI=1S/C11H11NO3/c1-6-4-3-5-7-8(6)10(13)9(12-7)11(14)15-2/h3-5,12-13H,1-2H3. The van der Waals surface area contributed by atoms with Crippen LogP contribution in [0, 0.1) is 6.92 Å². The number of H-pyrrole nitrogens is 1. The average molecular weight is 205 g/mol. The molecular weight excluding hydrogens is 194 g/mol. The summed E-state index contributed by atoms with van der Waals surface area (Å²) in [5.74, 6) is -0.613. The van der Waals surface area contributed by atoms with Gasteiger partial charge < -0.3 is 14.8 Å². The van der Waals surface area contributed by atoms with E-state index in [9.17, 15) is 9.90 Å². The Morgan fingerprint density at radius 2 is 2.20 bits per heavy atom. The number of nitrogens with one attached hydrogen (secondary N) is 1. The minimum Gasteiger partial charge on any atom is -0.505 e. The Labute approximate surface area is 86.5 Å². The zero-order chi connectivity index (χ0) is 11.0. The van der Waals surface area contributed by atoms with Gasteiger partial charge in [0.05, 0.1) is 12.6 Å². The maximum atomic E-state index is 11.3. The van der Waals surface area contributed by atoms with Gasteiger partial charge in [0.2, 0.25) is 0 Å². The van der Waals surface area contributed by atoms with Crippen LogP contribution in [0.1, 0.15) is 16.1 Å². The van der Waals surface area contributed by atoms with Gasteiger partial charge in [-0.05, 0) is 18.6 Å². The van der Waals surface area contributed by atoms with E-state index in [-0.39, 0.29) is 11.4 Å². The lowest BCUT2D eigenvalue weighted by Gasteiger charge is -1.96. The quantitative estimate of drug-likeness (QED) is 0.699. The minimum atomic E-state index is -0.567. The summed E-state index contributed by atoms with van der Waals surface area (Å²) in [5, 5.41) is 10.5. The van der Waals surface area contributed by atoms with Gasteiger partial charge in [-0.25, -0.2) is 4.79 Å². The zero-order valence-electron chi connectivity index (χ0n) is 8.50. The van der Waals surface area contributed by atoms with E-state index in [0.717, 1.165) is 11.1 Å². The van der Waals surface area contributed by atoms with Gasteiger partial charge in [-0.3, -0.25) is 0 Å². The summed E-state index contributed by atoms with van der Waals surface area (Å²) in [6.45, 7) is 1.87. The molecular formula is C11H11NO3. The largest absolute Gasteiger partial charge is 0.505 e. The third-order valence-electron chi connectivity index (χ3n) is 2.40. The van der Waals surface area contributed by atoms with Crippen LogP contribution < -0.4 is 0 Å². The Kier molecular flexibility index (Phi) is 2.11. The maximum Gasteiger partial charge on any atom is 0.358 e. The molecule has 2 N–H and O–H groups in total. The van der Waals surface area contributed by atoms with Crippen LogP contribution in [0.2, 0.25) is 0 Å². The van der Waals surface area contributed by atoms with Crippen LogP contribution in [-0.2, 0) is 4.74 Å². The summed E-state index contributed by atoms with van der Waals surface area (Å²) in [4.78, 5) is 14.1. The predicted molar refractivity (Wildman–Crippen MR) is 56.0 cm³/mol. The van der Waals surface area contributed by atoms with E-state index < -0.39 is 5.97 Å². The molecule has 78 valence electrons. The van der Waals surface area contributed by atoms with Gasteiger partial charge in [-0.15, -0.1) is 0 Å². The van der Waals surface area contributed by atoms with Gasteiger partial charge in [-0.1, -0.05) is 12.1 Å². The Bertz CT molecular complexity index is 528. The Morgan fingerprint density at radius 3 is 2.80 bits per heavy atom. The molecule has 1 aromatic heterocycles. The first-order valence-corrected chi connectivity index (χ1v) is 4.53. The highest BCUT2D eigenvalue weighted by atomic mass is 16.5. The second-order valence-corrected chi connectivity index (χ2v) is 3.34. The van der Waals surface area contributed by atoms with Crippen molar-refractivity contribution in [3.8, 4) is 5.75 Å². The SMILES string of the molecule is COC(=O)c1[nH]c2cccc(C)c2c1O. The molecule has 15 heavy (non-hydrogen) atoms. The van der Waals surface area contributed by atoms with Crippen LogP contribution in [0.25, 0.3) is 10.9 Å². The average Bonchev–Trinajstić information content (AvgIpc) is 2.56. The normalized spacial score (nSPS) is 10.5. The molecule has 0 bridgehead atoms. The van der Waals surface area contributed by atoms with Crippen LogP contribution in [0.4, 0.5) is 0 Å². The van der Waals surface area contributed by atoms with Gasteiger partial charge in [0.25, 0.3) is 0 Å². The lowest BCUT2D eigenvalue weighted by Crippen LogP contribution is -2.01. The number of rotatable bonds is 1. The van der Waals surface area contributed by atoms with Crippen molar-refractivity contribution in [3.63, 3.8) is 0 Å². The molecule has 0 fully saturated rings. The molecule has 0 amide bonds. The first kappa shape index (κ1) is 9.58. The van der Waals surface area contributed by atoms with Crippen molar-refractivity contribution in [1.29, 1.82) is 0 Å². The van der Waals surface area contributed by atoms with Crippen molar-refractivity contribution >= 4 is 16.9 Å². The number of fused-ring (bicyclic) bond motifs is 1. The van der Waals surface area contributed by atoms with E-state index in [0.29, 0.717) is 5.39 Å². The first-order chi connectivity index (χ1) is 7.15. The fourth-order valence-corrected chi connectivity index (χ4v) is 1.65. The third kappa shape index (κ3) is 1.34. The molecule has 0 radical (unpaired) electrons. The summed E-state index contributed by atoms with van der Waals surface area (Å²) >= 11 is 0. The smallest absolute Gasteiger partial charge is 0.358 e. The number of hydrogen-bond donors (Lipinski definition) is 2. The second kappa shape index (κ2) is 3.31. The number of aromatic nitrogens is 1. The summed E-state index contributed by atoms with van der Waals surface area (Å²) in [6.07, 6.45) is 0. The van der Waals surface area contributed by atoms with Crippen LogP contribution in [0.5, 0.6) is 5.75 Å². The van der Waals surface area contributed by atoms with Gasteiger partial charge >= 0.3 is 5.97 Å². The van der Waals surface area contributed by atoms with Crippen molar-refractivity contribution < 1.29 is 14.6 Å². The lowest BCUT2D eigenvalue weighted by atomic mass is 10.1. The monoisotopic (exact) mass is 205 g/mol. The lowest BCUT2D eigenvalue weighted by molar-refractivity contribution is 0.0592. The fraction of sp³-hybridized carbons (Fsp3) is 0.182. The number of aromatic hydroxyl groups is 1. The number of methoxy groups -OCH3 is 1. The van der Waals surface area contributed by atoms with E-state index in [1.165, 1.54) is 7.11 Å². The highest BCUT2D eigenvalue weighted by Gasteiger charge is 2.18. The molecule has 0 atom stereocenters. The molecule has 4 heteroatoms. The van der Waals surface area contributed by atoms with Gasteiger partial charge in [0, 0.05) is 5.39 Å². The highest BCUT2D eigenvalue weighted by molar-refractivity contribution is 6.01. The van der Waals surface area contributed by atoms with Crippen molar-refractivity contribution in [1.82, 2.24) is 4.98 Å². The number of carbonyl (C=O) groups is 1. The minimum absolute atomic E-state index is 0.0463. The molecule has 0 unspecified atom stereocenters. The van der Waals surface area contributed by atoms with Crippen molar-refractivity contribution in [2.75, 3.05) is 7.11 Å². The Morgan fingerprint density at radius 1 is 1.47 bits per heavy atom. The summed E-state index contributed by atoms with van der Waals surface area (Å²) in [5.41, 5.74) is 1.74. The third-order valence-corrected chi connectivity index (χ3v) is 2.40. The van der Waals surface area contributed by atoms with Crippen LogP contribution >= 0.6 is 0 Å². The molecule has 1 heterocycles. The highest BCUT2D eigenvalue weighted by Crippen LogP contribution is 2.31. The molecule has 0 aliphatic rings. The van der Waals surface area contributed by atoms with Crippen molar-refractivity contribution in [2.24, 2.45) is 0 Å². The fourth-order valence-electron chi connectivity index (χ4n) is 1.65. The molecule has 0 spiro atoms. The molecule has 0 aliphatic carbocycles. The second-order valence-electron chi connectivity index (χ2n) is 3.34. The molecule has 0 saturated carbocycles. The number of benzene rings is 1. The van der Waals surface area contributed by atoms with Crippen molar-refractivity contribution in [2.45, 2.75) is 6.92 Å². The Balaban J connectivity index is 2.75. The Hall–Kier alpha value is -1.97.